The predicted molar refractivity (Wildman–Crippen MR) is 74.0 cm³/mol. The average Bonchev–Trinajstić information content (AvgIpc) is 2.95. The van der Waals surface area contributed by atoms with Gasteiger partial charge >= 0.3 is 0 Å². The van der Waals surface area contributed by atoms with Crippen molar-refractivity contribution in [3.63, 3.8) is 0 Å². The first-order valence-electron chi connectivity index (χ1n) is 7.51. The second-order valence-electron chi connectivity index (χ2n) is 6.08. The lowest BCUT2D eigenvalue weighted by Crippen LogP contribution is -2.47. The van der Waals surface area contributed by atoms with Crippen LogP contribution in [0.3, 0.4) is 0 Å². The summed E-state index contributed by atoms with van der Waals surface area (Å²) < 4.78 is 2.07. The lowest BCUT2D eigenvalue weighted by atomic mass is 9.84. The van der Waals surface area contributed by atoms with Gasteiger partial charge in [-0.25, -0.2) is 0 Å². The monoisotopic (exact) mass is 261 g/mol. The van der Waals surface area contributed by atoms with Crippen molar-refractivity contribution in [3.05, 3.63) is 18.0 Å². The summed E-state index contributed by atoms with van der Waals surface area (Å²) in [6.07, 6.45) is 7.64. The van der Waals surface area contributed by atoms with Crippen molar-refractivity contribution in [2.75, 3.05) is 13.1 Å². The van der Waals surface area contributed by atoms with Crippen LogP contribution in [0, 0.1) is 11.8 Å². The maximum atomic E-state index is 12.2. The molecule has 1 N–H and O–H groups in total. The summed E-state index contributed by atoms with van der Waals surface area (Å²) in [5.74, 6) is 1.03. The van der Waals surface area contributed by atoms with Gasteiger partial charge in [0.25, 0.3) is 0 Å². The molecular formula is C15H23N3O. The van der Waals surface area contributed by atoms with E-state index in [1.807, 2.05) is 12.3 Å². The number of nitrogens with one attached hydrogen (secondary N) is 1. The standard InChI is InChI=1S/C15H23N3O/c1-11(12-9-16-10-12)15(19)8-13-6-7-18(17-13)14-4-2-3-5-14/h6-7,11-12,14,16H,2-5,8-10H2,1H3. The maximum absolute atomic E-state index is 12.2. The van der Waals surface area contributed by atoms with Gasteiger partial charge in [-0.3, -0.25) is 9.48 Å². The van der Waals surface area contributed by atoms with Crippen LogP contribution < -0.4 is 5.32 Å². The summed E-state index contributed by atoms with van der Waals surface area (Å²) in [6.45, 7) is 4.04. The molecule has 4 heteroatoms. The van der Waals surface area contributed by atoms with Gasteiger partial charge in [0.2, 0.25) is 0 Å². The Balaban J connectivity index is 1.58. The van der Waals surface area contributed by atoms with Gasteiger partial charge in [0, 0.05) is 12.1 Å². The third-order valence-corrected chi connectivity index (χ3v) is 4.75. The molecule has 2 aliphatic rings. The summed E-state index contributed by atoms with van der Waals surface area (Å²) in [7, 11) is 0. The molecule has 1 aliphatic heterocycles. The molecule has 1 aromatic heterocycles. The van der Waals surface area contributed by atoms with E-state index in [0.29, 0.717) is 24.2 Å². The van der Waals surface area contributed by atoms with E-state index in [0.717, 1.165) is 18.8 Å². The molecule has 0 radical (unpaired) electrons. The molecule has 1 unspecified atom stereocenters. The Bertz CT molecular complexity index is 444. The van der Waals surface area contributed by atoms with Crippen LogP contribution in [-0.4, -0.2) is 28.7 Å². The first-order valence-corrected chi connectivity index (χ1v) is 7.51. The van der Waals surface area contributed by atoms with Crippen LogP contribution in [-0.2, 0) is 11.2 Å². The molecule has 1 aromatic rings. The second-order valence-corrected chi connectivity index (χ2v) is 6.08. The lowest BCUT2D eigenvalue weighted by molar-refractivity contribution is -0.123. The van der Waals surface area contributed by atoms with E-state index in [1.165, 1.54) is 25.7 Å². The van der Waals surface area contributed by atoms with Gasteiger partial charge in [0.15, 0.2) is 0 Å². The average molecular weight is 261 g/mol. The fourth-order valence-corrected chi connectivity index (χ4v) is 3.11. The molecule has 19 heavy (non-hydrogen) atoms. The molecule has 1 atom stereocenters. The van der Waals surface area contributed by atoms with Gasteiger partial charge in [-0.15, -0.1) is 0 Å². The fraction of sp³-hybridized carbons (Fsp3) is 0.733. The van der Waals surface area contributed by atoms with E-state index in [-0.39, 0.29) is 5.92 Å². The highest BCUT2D eigenvalue weighted by Gasteiger charge is 2.29. The zero-order chi connectivity index (χ0) is 13.2. The number of carbonyl (C=O) groups is 1. The van der Waals surface area contributed by atoms with Crippen molar-refractivity contribution in [3.8, 4) is 0 Å². The smallest absolute Gasteiger partial charge is 0.142 e. The topological polar surface area (TPSA) is 46.9 Å². The highest BCUT2D eigenvalue weighted by atomic mass is 16.1. The Morgan fingerprint density at radius 2 is 2.21 bits per heavy atom. The number of ketones is 1. The van der Waals surface area contributed by atoms with Crippen molar-refractivity contribution in [2.24, 2.45) is 11.8 Å². The SMILES string of the molecule is CC(C(=O)Cc1ccn(C2CCCC2)n1)C1CNC1. The minimum atomic E-state index is 0.165. The third kappa shape index (κ3) is 2.73. The largest absolute Gasteiger partial charge is 0.316 e. The van der Waals surface area contributed by atoms with Crippen LogP contribution >= 0.6 is 0 Å². The van der Waals surface area contributed by atoms with Gasteiger partial charge in [0.05, 0.1) is 18.2 Å². The Morgan fingerprint density at radius 1 is 1.47 bits per heavy atom. The number of rotatable bonds is 5. The van der Waals surface area contributed by atoms with Gasteiger partial charge in [-0.05, 0) is 37.9 Å². The highest BCUT2D eigenvalue weighted by molar-refractivity contribution is 5.83. The van der Waals surface area contributed by atoms with Crippen molar-refractivity contribution in [1.82, 2.24) is 15.1 Å². The van der Waals surface area contributed by atoms with E-state index in [1.54, 1.807) is 0 Å². The number of hydrogen-bond acceptors (Lipinski definition) is 3. The number of carbonyl (C=O) groups excluding carboxylic acids is 1. The first kappa shape index (κ1) is 12.9. The van der Waals surface area contributed by atoms with Crippen LogP contribution in [0.1, 0.15) is 44.3 Å². The minimum Gasteiger partial charge on any atom is -0.316 e. The molecule has 2 fully saturated rings. The molecule has 0 bridgehead atoms. The van der Waals surface area contributed by atoms with E-state index in [9.17, 15) is 4.79 Å². The van der Waals surface area contributed by atoms with Gasteiger partial charge < -0.3 is 5.32 Å². The molecule has 3 rings (SSSR count). The summed E-state index contributed by atoms with van der Waals surface area (Å²) >= 11 is 0. The molecule has 0 aromatic carbocycles. The maximum Gasteiger partial charge on any atom is 0.142 e. The quantitative estimate of drug-likeness (QED) is 0.881. The highest BCUT2D eigenvalue weighted by Crippen LogP contribution is 2.28. The normalized spacial score (nSPS) is 22.4. The molecule has 0 amide bonds. The van der Waals surface area contributed by atoms with E-state index >= 15 is 0 Å². The summed E-state index contributed by atoms with van der Waals surface area (Å²) in [5, 5.41) is 7.83. The number of nitrogens with zero attached hydrogens (tertiary/aromatic N) is 2. The van der Waals surface area contributed by atoms with Crippen LogP contribution in [0.5, 0.6) is 0 Å². The minimum absolute atomic E-state index is 0.165. The Kier molecular flexibility index (Phi) is 3.69. The summed E-state index contributed by atoms with van der Waals surface area (Å²) in [4.78, 5) is 12.2. The molecule has 104 valence electrons. The van der Waals surface area contributed by atoms with E-state index in [4.69, 9.17) is 0 Å². The van der Waals surface area contributed by atoms with Gasteiger partial charge in [-0.1, -0.05) is 19.8 Å². The van der Waals surface area contributed by atoms with Crippen LogP contribution in [0.25, 0.3) is 0 Å². The van der Waals surface area contributed by atoms with Crippen molar-refractivity contribution in [1.29, 1.82) is 0 Å². The van der Waals surface area contributed by atoms with Crippen LogP contribution in [0.2, 0.25) is 0 Å². The molecule has 1 saturated carbocycles. The fourth-order valence-electron chi connectivity index (χ4n) is 3.11. The zero-order valence-electron chi connectivity index (χ0n) is 11.6. The predicted octanol–water partition coefficient (Wildman–Crippen LogP) is 1.97. The molecular weight excluding hydrogens is 238 g/mol. The number of Topliss-reactive ketones (excluding diaryl/α,β-unsaturated/α-hetero) is 1. The Morgan fingerprint density at radius 3 is 2.84 bits per heavy atom. The van der Waals surface area contributed by atoms with E-state index < -0.39 is 0 Å². The van der Waals surface area contributed by atoms with Gasteiger partial charge in [0.1, 0.15) is 5.78 Å². The Labute approximate surface area is 114 Å². The summed E-state index contributed by atoms with van der Waals surface area (Å²) in [6, 6.07) is 2.58. The van der Waals surface area contributed by atoms with Gasteiger partial charge in [-0.2, -0.15) is 5.10 Å². The molecule has 1 saturated heterocycles. The number of aromatic nitrogens is 2. The number of hydrogen-bond donors (Lipinski definition) is 1. The third-order valence-electron chi connectivity index (χ3n) is 4.75. The van der Waals surface area contributed by atoms with Crippen molar-refractivity contribution in [2.45, 2.75) is 45.1 Å². The van der Waals surface area contributed by atoms with Crippen LogP contribution in [0.4, 0.5) is 0 Å². The molecule has 4 nitrogen and oxygen atoms in total. The van der Waals surface area contributed by atoms with Crippen LogP contribution in [0.15, 0.2) is 12.3 Å². The van der Waals surface area contributed by atoms with Crippen molar-refractivity contribution >= 4 is 5.78 Å². The van der Waals surface area contributed by atoms with E-state index in [2.05, 4.69) is 22.0 Å². The summed E-state index contributed by atoms with van der Waals surface area (Å²) in [5.41, 5.74) is 0.941. The molecule has 2 heterocycles. The zero-order valence-corrected chi connectivity index (χ0v) is 11.6. The Hall–Kier alpha value is -1.16. The second kappa shape index (κ2) is 5.45. The lowest BCUT2D eigenvalue weighted by Gasteiger charge is -2.31. The first-order chi connectivity index (χ1) is 9.24. The van der Waals surface area contributed by atoms with Crippen molar-refractivity contribution < 1.29 is 4.79 Å². The molecule has 0 spiro atoms. The molecule has 1 aliphatic carbocycles.